The summed E-state index contributed by atoms with van der Waals surface area (Å²) >= 11 is 0. The minimum absolute atomic E-state index is 0.0503. The Hall–Kier alpha value is -3.55. The smallest absolute Gasteiger partial charge is 0.251 e. The van der Waals surface area contributed by atoms with Crippen molar-refractivity contribution in [3.8, 4) is 11.5 Å². The van der Waals surface area contributed by atoms with Gasteiger partial charge >= 0.3 is 0 Å². The van der Waals surface area contributed by atoms with Gasteiger partial charge in [0.1, 0.15) is 17.1 Å². The van der Waals surface area contributed by atoms with E-state index in [0.717, 1.165) is 49.0 Å². The van der Waals surface area contributed by atoms with Crippen molar-refractivity contribution in [2.75, 3.05) is 6.61 Å². The second kappa shape index (κ2) is 10.7. The summed E-state index contributed by atoms with van der Waals surface area (Å²) in [6.07, 6.45) is 5.87. The summed E-state index contributed by atoms with van der Waals surface area (Å²) in [5.74, 6) is 1.45. The van der Waals surface area contributed by atoms with Gasteiger partial charge in [-0.3, -0.25) is 14.5 Å². The Labute approximate surface area is 224 Å². The first-order chi connectivity index (χ1) is 18.2. The molecule has 0 aliphatic carbocycles. The monoisotopic (exact) mass is 518 g/mol. The lowest BCUT2D eigenvalue weighted by Crippen LogP contribution is -2.46. The molecule has 4 heterocycles. The van der Waals surface area contributed by atoms with Crippen molar-refractivity contribution in [2.45, 2.75) is 89.9 Å². The Morgan fingerprint density at radius 2 is 2.00 bits per heavy atom. The quantitative estimate of drug-likeness (QED) is 0.602. The third-order valence-electron chi connectivity index (χ3n) is 7.59. The first-order valence-corrected chi connectivity index (χ1v) is 13.7. The van der Waals surface area contributed by atoms with E-state index in [1.165, 1.54) is 10.5 Å². The van der Waals surface area contributed by atoms with E-state index in [0.29, 0.717) is 30.8 Å². The molecule has 8 nitrogen and oxygen atoms in total. The van der Waals surface area contributed by atoms with Gasteiger partial charge in [-0.25, -0.2) is 4.99 Å². The summed E-state index contributed by atoms with van der Waals surface area (Å²) in [7, 11) is 0. The van der Waals surface area contributed by atoms with Gasteiger partial charge in [0.15, 0.2) is 5.96 Å². The fraction of sp³-hybridized carbons (Fsp3) is 0.500. The zero-order chi connectivity index (χ0) is 26.9. The van der Waals surface area contributed by atoms with Crippen LogP contribution in [0.1, 0.15) is 92.4 Å². The van der Waals surface area contributed by atoms with Crippen molar-refractivity contribution in [3.05, 3.63) is 58.7 Å². The minimum atomic E-state index is -0.408. The molecule has 0 saturated heterocycles. The number of hydrogen-bond donors (Lipinski definition) is 2. The molecule has 8 heteroatoms. The topological polar surface area (TPSA) is 106 Å². The van der Waals surface area contributed by atoms with E-state index < -0.39 is 5.60 Å². The predicted octanol–water partition coefficient (Wildman–Crippen LogP) is 4.65. The lowest BCUT2D eigenvalue weighted by Gasteiger charge is -2.38. The molecular weight excluding hydrogens is 480 g/mol. The number of aryl methyl sites for hydroxylation is 1. The first-order valence-electron chi connectivity index (χ1n) is 13.7. The highest BCUT2D eigenvalue weighted by molar-refractivity contribution is 5.99. The molecule has 2 aromatic carbocycles. The normalized spacial score (nSPS) is 23.3. The summed E-state index contributed by atoms with van der Waals surface area (Å²) in [6.45, 7) is 6.67. The average molecular weight is 519 g/mol. The SMILES string of the molecule is CCOc1ccc2cc1CN1C(=O)CC(CCCCCc3ccc4c(c3)C(CC(C)(C)O4)NC2=O)N=C1N. The van der Waals surface area contributed by atoms with Gasteiger partial charge in [-0.05, 0) is 69.9 Å². The number of benzene rings is 2. The maximum atomic E-state index is 13.6. The summed E-state index contributed by atoms with van der Waals surface area (Å²) in [5, 5.41) is 3.26. The molecule has 0 radical (unpaired) electrons. The van der Waals surface area contributed by atoms with E-state index in [9.17, 15) is 9.59 Å². The molecule has 3 N–H and O–H groups in total. The number of rotatable bonds is 2. The molecular formula is C30H38N4O4. The van der Waals surface area contributed by atoms with Crippen LogP contribution >= 0.6 is 0 Å². The van der Waals surface area contributed by atoms with Crippen LogP contribution in [0.2, 0.25) is 0 Å². The molecule has 2 aromatic rings. The van der Waals surface area contributed by atoms with Crippen molar-refractivity contribution < 1.29 is 19.1 Å². The third kappa shape index (κ3) is 5.64. The number of aliphatic imine (C=N–C) groups is 1. The van der Waals surface area contributed by atoms with Crippen molar-refractivity contribution in [2.24, 2.45) is 10.7 Å². The third-order valence-corrected chi connectivity index (χ3v) is 7.59. The van der Waals surface area contributed by atoms with Gasteiger partial charge in [0.2, 0.25) is 5.91 Å². The Bertz CT molecular complexity index is 1250. The van der Waals surface area contributed by atoms with E-state index in [1.807, 2.05) is 26.8 Å². The molecule has 6 rings (SSSR count). The van der Waals surface area contributed by atoms with E-state index in [2.05, 4.69) is 22.4 Å². The molecule has 0 fully saturated rings. The van der Waals surface area contributed by atoms with Crippen LogP contribution in [0.15, 0.2) is 41.4 Å². The van der Waals surface area contributed by atoms with Crippen molar-refractivity contribution >= 4 is 17.8 Å². The van der Waals surface area contributed by atoms with E-state index in [1.54, 1.807) is 18.2 Å². The van der Waals surface area contributed by atoms with E-state index in [4.69, 9.17) is 15.2 Å². The lowest BCUT2D eigenvalue weighted by atomic mass is 9.88. The number of ether oxygens (including phenoxy) is 2. The Morgan fingerprint density at radius 1 is 1.16 bits per heavy atom. The zero-order valence-electron chi connectivity index (χ0n) is 22.6. The number of fused-ring (bicyclic) bond motifs is 6. The van der Waals surface area contributed by atoms with Crippen LogP contribution in [0.3, 0.4) is 0 Å². The molecule has 4 aliphatic rings. The van der Waals surface area contributed by atoms with Gasteiger partial charge < -0.3 is 20.5 Å². The van der Waals surface area contributed by atoms with Crippen molar-refractivity contribution in [1.29, 1.82) is 0 Å². The second-order valence-corrected chi connectivity index (χ2v) is 11.1. The number of amides is 2. The number of carbonyl (C=O) groups excluding carboxylic acids is 2. The number of guanidine groups is 1. The largest absolute Gasteiger partial charge is 0.494 e. The van der Waals surface area contributed by atoms with Crippen LogP contribution in [0, 0.1) is 0 Å². The molecule has 0 saturated carbocycles. The Balaban J connectivity index is 1.52. The van der Waals surface area contributed by atoms with Crippen LogP contribution in [0.4, 0.5) is 0 Å². The summed E-state index contributed by atoms with van der Waals surface area (Å²) < 4.78 is 12.1. The van der Waals surface area contributed by atoms with Crippen molar-refractivity contribution in [1.82, 2.24) is 10.2 Å². The van der Waals surface area contributed by atoms with E-state index >= 15 is 0 Å². The highest BCUT2D eigenvalue weighted by Crippen LogP contribution is 2.40. The zero-order valence-corrected chi connectivity index (χ0v) is 22.6. The van der Waals surface area contributed by atoms with Gasteiger partial charge in [-0.15, -0.1) is 0 Å². The van der Waals surface area contributed by atoms with E-state index in [-0.39, 0.29) is 36.4 Å². The molecule has 2 amide bonds. The number of carbonyl (C=O) groups is 2. The predicted molar refractivity (Wildman–Crippen MR) is 146 cm³/mol. The van der Waals surface area contributed by atoms with Gasteiger partial charge in [0.25, 0.3) is 5.91 Å². The van der Waals surface area contributed by atoms with Crippen LogP contribution in [0.25, 0.3) is 0 Å². The highest BCUT2D eigenvalue weighted by atomic mass is 16.5. The van der Waals surface area contributed by atoms with Crippen LogP contribution in [-0.4, -0.2) is 40.9 Å². The highest BCUT2D eigenvalue weighted by Gasteiger charge is 2.35. The van der Waals surface area contributed by atoms with Crippen molar-refractivity contribution in [3.63, 3.8) is 0 Å². The fourth-order valence-corrected chi connectivity index (χ4v) is 5.70. The Kier molecular flexibility index (Phi) is 7.32. The van der Waals surface area contributed by atoms with Gasteiger partial charge in [-0.1, -0.05) is 25.0 Å². The molecule has 6 bridgehead atoms. The standard InChI is InChI=1S/C30H38N4O4/c1-4-37-25-13-11-20-15-21(25)18-34-27(35)16-22(32-29(34)31)9-7-5-6-8-19-10-12-26-23(14-19)24(33-28(20)36)17-30(2,3)38-26/h10-15,22,24H,4-9,16-18H2,1-3H3,(H2,31,32)(H,33,36). The van der Waals surface area contributed by atoms with Crippen LogP contribution in [-0.2, 0) is 17.8 Å². The minimum Gasteiger partial charge on any atom is -0.494 e. The van der Waals surface area contributed by atoms with Gasteiger partial charge in [0, 0.05) is 29.5 Å². The second-order valence-electron chi connectivity index (χ2n) is 11.1. The number of nitrogens with one attached hydrogen (secondary N) is 1. The van der Waals surface area contributed by atoms with Crippen LogP contribution < -0.4 is 20.5 Å². The summed E-state index contributed by atoms with van der Waals surface area (Å²) in [6, 6.07) is 11.4. The molecule has 2 atom stereocenters. The molecule has 38 heavy (non-hydrogen) atoms. The number of hydrogen-bond acceptors (Lipinski definition) is 6. The Morgan fingerprint density at radius 3 is 2.79 bits per heavy atom. The fourth-order valence-electron chi connectivity index (χ4n) is 5.70. The van der Waals surface area contributed by atoms with Gasteiger partial charge in [0.05, 0.1) is 25.2 Å². The summed E-state index contributed by atoms with van der Waals surface area (Å²) in [4.78, 5) is 32.8. The molecule has 4 aliphatic heterocycles. The molecule has 2 unspecified atom stereocenters. The van der Waals surface area contributed by atoms with Crippen LogP contribution in [0.5, 0.6) is 11.5 Å². The maximum Gasteiger partial charge on any atom is 0.251 e. The summed E-state index contributed by atoms with van der Waals surface area (Å²) in [5.41, 5.74) is 9.35. The molecule has 0 spiro atoms. The van der Waals surface area contributed by atoms with Gasteiger partial charge in [-0.2, -0.15) is 0 Å². The first kappa shape index (κ1) is 26.1. The average Bonchev–Trinajstić information content (AvgIpc) is 2.86. The molecule has 202 valence electrons. The number of nitrogens with two attached hydrogens (primary N) is 1. The number of nitrogens with zero attached hydrogens (tertiary/aromatic N) is 2. The molecule has 0 aromatic heterocycles. The lowest BCUT2D eigenvalue weighted by molar-refractivity contribution is -0.128. The maximum absolute atomic E-state index is 13.6.